The van der Waals surface area contributed by atoms with Crippen LogP contribution in [0.4, 0.5) is 0 Å². The number of aromatic nitrogens is 2. The van der Waals surface area contributed by atoms with E-state index >= 15 is 0 Å². The van der Waals surface area contributed by atoms with Crippen LogP contribution in [0.3, 0.4) is 0 Å². The summed E-state index contributed by atoms with van der Waals surface area (Å²) in [6, 6.07) is 15.5. The molecule has 1 heterocycles. The minimum absolute atomic E-state index is 0.275. The van der Waals surface area contributed by atoms with Gasteiger partial charge in [0.2, 0.25) is 0 Å². The summed E-state index contributed by atoms with van der Waals surface area (Å²) in [5, 5.41) is 0. The van der Waals surface area contributed by atoms with Crippen LogP contribution in [0, 0.1) is 0 Å². The fourth-order valence-electron chi connectivity index (χ4n) is 2.88. The van der Waals surface area contributed by atoms with Crippen molar-refractivity contribution in [1.82, 2.24) is 9.55 Å². The van der Waals surface area contributed by atoms with E-state index in [0.717, 1.165) is 33.5 Å². The van der Waals surface area contributed by atoms with Gasteiger partial charge in [0.1, 0.15) is 18.2 Å². The van der Waals surface area contributed by atoms with Crippen molar-refractivity contribution in [2.75, 3.05) is 6.61 Å². The number of carbonyl (C=O) groups excluding carboxylic acids is 1. The van der Waals surface area contributed by atoms with Crippen molar-refractivity contribution in [3.63, 3.8) is 0 Å². The fourth-order valence-corrected chi connectivity index (χ4v) is 3.15. The lowest BCUT2D eigenvalue weighted by Crippen LogP contribution is -2.29. The molecule has 0 fully saturated rings. The number of hydrogen-bond acceptors (Lipinski definition) is 4. The van der Waals surface area contributed by atoms with Crippen molar-refractivity contribution >= 4 is 32.9 Å². The molecule has 0 unspecified atom stereocenters. The van der Waals surface area contributed by atoms with Gasteiger partial charge in [-0.3, -0.25) is 4.79 Å². The number of ether oxygens (including phenoxy) is 2. The lowest BCUT2D eigenvalue weighted by Gasteiger charge is -2.20. The molecule has 136 valence electrons. The number of halogens is 1. The van der Waals surface area contributed by atoms with Crippen LogP contribution in [0.5, 0.6) is 5.75 Å². The number of hydrogen-bond donors (Lipinski definition) is 0. The summed E-state index contributed by atoms with van der Waals surface area (Å²) in [5.41, 5.74) is 1.98. The van der Waals surface area contributed by atoms with Gasteiger partial charge < -0.3 is 14.0 Å². The van der Waals surface area contributed by atoms with Crippen LogP contribution >= 0.6 is 15.9 Å². The van der Waals surface area contributed by atoms with Gasteiger partial charge in [0.15, 0.2) is 6.10 Å². The number of aryl methyl sites for hydroxylation is 1. The van der Waals surface area contributed by atoms with Gasteiger partial charge in [0.25, 0.3) is 0 Å². The highest BCUT2D eigenvalue weighted by Crippen LogP contribution is 2.19. The Morgan fingerprint density at radius 2 is 1.92 bits per heavy atom. The Labute approximate surface area is 161 Å². The molecule has 0 radical (unpaired) electrons. The van der Waals surface area contributed by atoms with Gasteiger partial charge in [-0.15, -0.1) is 0 Å². The third-order valence-corrected chi connectivity index (χ3v) is 4.55. The monoisotopic (exact) mass is 416 g/mol. The maximum absolute atomic E-state index is 11.5. The van der Waals surface area contributed by atoms with Crippen LogP contribution in [0.15, 0.2) is 53.0 Å². The average Bonchev–Trinajstić information content (AvgIpc) is 2.98. The normalized spacial score (nSPS) is 12.1. The molecular formula is C20H21BrN2O3. The summed E-state index contributed by atoms with van der Waals surface area (Å²) in [6.45, 7) is 4.26. The Kier molecular flexibility index (Phi) is 5.93. The molecule has 0 aliphatic carbocycles. The highest BCUT2D eigenvalue weighted by Gasteiger charge is 2.18. The molecule has 0 bridgehead atoms. The van der Waals surface area contributed by atoms with E-state index in [-0.39, 0.29) is 12.6 Å². The van der Waals surface area contributed by atoms with Gasteiger partial charge >= 0.3 is 5.97 Å². The zero-order chi connectivity index (χ0) is 18.5. The standard InChI is InChI=1S/C20H21BrN2O3/c1-3-20-22-18-6-4-5-7-19(18)23(20)12-17(26-14(2)24)13-25-16-10-8-15(21)9-11-16/h4-11,17H,3,12-13H2,1-2H3/t17-/m1/s1. The van der Waals surface area contributed by atoms with Crippen LogP contribution in [0.25, 0.3) is 11.0 Å². The summed E-state index contributed by atoms with van der Waals surface area (Å²) in [4.78, 5) is 16.2. The van der Waals surface area contributed by atoms with Gasteiger partial charge in [0, 0.05) is 17.8 Å². The molecule has 3 aromatic rings. The van der Waals surface area contributed by atoms with Gasteiger partial charge in [-0.1, -0.05) is 35.0 Å². The first-order valence-electron chi connectivity index (χ1n) is 8.56. The second-order valence-electron chi connectivity index (χ2n) is 5.98. The van der Waals surface area contributed by atoms with Crippen molar-refractivity contribution in [3.8, 4) is 5.75 Å². The number of carbonyl (C=O) groups is 1. The molecule has 0 amide bonds. The van der Waals surface area contributed by atoms with Gasteiger partial charge in [-0.25, -0.2) is 4.98 Å². The average molecular weight is 417 g/mol. The molecule has 3 rings (SSSR count). The number of para-hydroxylation sites is 2. The van der Waals surface area contributed by atoms with Crippen LogP contribution < -0.4 is 4.74 Å². The van der Waals surface area contributed by atoms with E-state index in [1.54, 1.807) is 0 Å². The quantitative estimate of drug-likeness (QED) is 0.536. The number of esters is 1. The molecule has 0 N–H and O–H groups in total. The van der Waals surface area contributed by atoms with Crippen molar-refractivity contribution in [2.24, 2.45) is 0 Å². The smallest absolute Gasteiger partial charge is 0.303 e. The minimum atomic E-state index is -0.404. The molecule has 6 heteroatoms. The Morgan fingerprint density at radius 3 is 2.62 bits per heavy atom. The van der Waals surface area contributed by atoms with Gasteiger partial charge in [-0.2, -0.15) is 0 Å². The summed E-state index contributed by atoms with van der Waals surface area (Å²) >= 11 is 3.40. The Balaban J connectivity index is 1.80. The zero-order valence-electron chi connectivity index (χ0n) is 14.8. The van der Waals surface area contributed by atoms with E-state index in [1.807, 2.05) is 48.5 Å². The van der Waals surface area contributed by atoms with Crippen LogP contribution in [-0.2, 0) is 22.5 Å². The summed E-state index contributed by atoms with van der Waals surface area (Å²) in [6.07, 6.45) is 0.397. The van der Waals surface area contributed by atoms with Crippen LogP contribution in [0.1, 0.15) is 19.7 Å². The van der Waals surface area contributed by atoms with E-state index in [0.29, 0.717) is 6.54 Å². The molecule has 0 aliphatic rings. The predicted molar refractivity (Wildman–Crippen MR) is 104 cm³/mol. The number of fused-ring (bicyclic) bond motifs is 1. The Morgan fingerprint density at radius 1 is 1.19 bits per heavy atom. The molecule has 2 aromatic carbocycles. The van der Waals surface area contributed by atoms with E-state index < -0.39 is 6.10 Å². The highest BCUT2D eigenvalue weighted by molar-refractivity contribution is 9.10. The second kappa shape index (κ2) is 8.36. The molecule has 0 saturated heterocycles. The van der Waals surface area contributed by atoms with E-state index in [1.165, 1.54) is 6.92 Å². The molecule has 0 spiro atoms. The first-order chi connectivity index (χ1) is 12.6. The third kappa shape index (κ3) is 4.43. The molecule has 26 heavy (non-hydrogen) atoms. The lowest BCUT2D eigenvalue weighted by molar-refractivity contribution is -0.148. The fraction of sp³-hybridized carbons (Fsp3) is 0.300. The SMILES string of the molecule is CCc1nc2ccccc2n1C[C@H](COc1ccc(Br)cc1)OC(C)=O. The van der Waals surface area contributed by atoms with Gasteiger partial charge in [0.05, 0.1) is 17.6 Å². The maximum Gasteiger partial charge on any atom is 0.303 e. The largest absolute Gasteiger partial charge is 0.490 e. The molecule has 0 saturated carbocycles. The summed E-state index contributed by atoms with van der Waals surface area (Å²) < 4.78 is 14.4. The first kappa shape index (κ1) is 18.5. The third-order valence-electron chi connectivity index (χ3n) is 4.02. The maximum atomic E-state index is 11.5. The zero-order valence-corrected chi connectivity index (χ0v) is 16.4. The summed E-state index contributed by atoms with van der Waals surface area (Å²) in [7, 11) is 0. The van der Waals surface area contributed by atoms with Crippen molar-refractivity contribution in [2.45, 2.75) is 32.9 Å². The molecule has 5 nitrogen and oxygen atoms in total. The number of rotatable bonds is 7. The van der Waals surface area contributed by atoms with E-state index in [9.17, 15) is 4.79 Å². The highest BCUT2D eigenvalue weighted by atomic mass is 79.9. The predicted octanol–water partition coefficient (Wildman–Crippen LogP) is 4.37. The topological polar surface area (TPSA) is 53.4 Å². The molecule has 1 atom stereocenters. The van der Waals surface area contributed by atoms with E-state index in [4.69, 9.17) is 9.47 Å². The molecule has 0 aliphatic heterocycles. The lowest BCUT2D eigenvalue weighted by atomic mass is 10.3. The number of nitrogens with zero attached hydrogens (tertiary/aromatic N) is 2. The number of imidazole rings is 1. The van der Waals surface area contributed by atoms with Crippen LogP contribution in [-0.4, -0.2) is 28.2 Å². The van der Waals surface area contributed by atoms with Crippen molar-refractivity contribution in [1.29, 1.82) is 0 Å². The minimum Gasteiger partial charge on any atom is -0.490 e. The van der Waals surface area contributed by atoms with Crippen molar-refractivity contribution < 1.29 is 14.3 Å². The second-order valence-corrected chi connectivity index (χ2v) is 6.89. The van der Waals surface area contributed by atoms with E-state index in [2.05, 4.69) is 32.4 Å². The first-order valence-corrected chi connectivity index (χ1v) is 9.36. The Bertz CT molecular complexity index is 890. The van der Waals surface area contributed by atoms with Crippen LogP contribution in [0.2, 0.25) is 0 Å². The molecule has 1 aromatic heterocycles. The van der Waals surface area contributed by atoms with Crippen molar-refractivity contribution in [3.05, 3.63) is 58.8 Å². The molecular weight excluding hydrogens is 396 g/mol. The van der Waals surface area contributed by atoms with Gasteiger partial charge in [-0.05, 0) is 36.4 Å². The number of benzene rings is 2. The summed E-state index contributed by atoms with van der Waals surface area (Å²) in [5.74, 6) is 1.38. The Hall–Kier alpha value is -2.34.